The minimum atomic E-state index is 0.483. The van der Waals surface area contributed by atoms with Gasteiger partial charge >= 0.3 is 0 Å². The van der Waals surface area contributed by atoms with Gasteiger partial charge in [-0.15, -0.1) is 0 Å². The molecule has 0 saturated carbocycles. The molecule has 0 aliphatic heterocycles. The molecule has 1 atom stereocenters. The zero-order chi connectivity index (χ0) is 9.68. The fourth-order valence-corrected chi connectivity index (χ4v) is 1.79. The molecule has 0 aliphatic carbocycles. The summed E-state index contributed by atoms with van der Waals surface area (Å²) in [6, 6.07) is 8.33. The summed E-state index contributed by atoms with van der Waals surface area (Å²) >= 11 is 1.84. The lowest BCUT2D eigenvalue weighted by Crippen LogP contribution is -2.17. The quantitative estimate of drug-likeness (QED) is 0.726. The van der Waals surface area contributed by atoms with Crippen LogP contribution in [0, 0.1) is 0 Å². The molecule has 0 amide bonds. The zero-order valence-electron chi connectivity index (χ0n) is 8.08. The van der Waals surface area contributed by atoms with Gasteiger partial charge in [-0.3, -0.25) is 0 Å². The molecule has 0 bridgehead atoms. The monoisotopic (exact) mass is 196 g/mol. The Kier molecular flexibility index (Phi) is 3.96. The summed E-state index contributed by atoms with van der Waals surface area (Å²) in [5.41, 5.74) is 7.57. The van der Waals surface area contributed by atoms with Gasteiger partial charge in [0, 0.05) is 23.2 Å². The third-order valence-electron chi connectivity index (χ3n) is 1.72. The van der Waals surface area contributed by atoms with Crippen LogP contribution in [-0.4, -0.2) is 18.1 Å². The predicted molar refractivity (Wildman–Crippen MR) is 62.3 cm³/mol. The molecule has 13 heavy (non-hydrogen) atoms. The Bertz CT molecular complexity index is 263. The van der Waals surface area contributed by atoms with Crippen molar-refractivity contribution in [3.05, 3.63) is 24.3 Å². The molecule has 1 aromatic carbocycles. The van der Waals surface area contributed by atoms with Crippen LogP contribution < -0.4 is 11.1 Å². The van der Waals surface area contributed by atoms with E-state index < -0.39 is 0 Å². The Balaban J connectivity index is 2.53. The smallest absolute Gasteiger partial charge is 0.0363 e. The third-order valence-corrected chi connectivity index (χ3v) is 2.55. The molecular formula is C10H16N2S. The minimum Gasteiger partial charge on any atom is -0.399 e. The van der Waals surface area contributed by atoms with E-state index in [-0.39, 0.29) is 0 Å². The van der Waals surface area contributed by atoms with Gasteiger partial charge in [-0.05, 0) is 31.4 Å². The predicted octanol–water partition coefficient (Wildman–Crippen LogP) is 2.43. The van der Waals surface area contributed by atoms with Crippen molar-refractivity contribution in [2.75, 3.05) is 23.1 Å². The molecule has 2 nitrogen and oxygen atoms in total. The molecule has 0 saturated heterocycles. The van der Waals surface area contributed by atoms with Crippen LogP contribution in [0.4, 0.5) is 11.4 Å². The van der Waals surface area contributed by atoms with E-state index in [1.807, 2.05) is 36.0 Å². The van der Waals surface area contributed by atoms with E-state index in [0.29, 0.717) is 6.04 Å². The van der Waals surface area contributed by atoms with Gasteiger partial charge in [0.15, 0.2) is 0 Å². The Labute approximate surface area is 83.9 Å². The first-order chi connectivity index (χ1) is 6.22. The van der Waals surface area contributed by atoms with Crippen molar-refractivity contribution in [2.45, 2.75) is 13.0 Å². The van der Waals surface area contributed by atoms with E-state index in [9.17, 15) is 0 Å². The second-order valence-corrected chi connectivity index (χ2v) is 4.04. The second-order valence-electron chi connectivity index (χ2n) is 3.13. The molecular weight excluding hydrogens is 180 g/mol. The molecule has 1 unspecified atom stereocenters. The van der Waals surface area contributed by atoms with Crippen molar-refractivity contribution in [3.8, 4) is 0 Å². The maximum absolute atomic E-state index is 5.66. The maximum Gasteiger partial charge on any atom is 0.0363 e. The van der Waals surface area contributed by atoms with E-state index in [2.05, 4.69) is 18.5 Å². The van der Waals surface area contributed by atoms with E-state index in [1.165, 1.54) is 0 Å². The fourth-order valence-electron chi connectivity index (χ4n) is 1.20. The van der Waals surface area contributed by atoms with E-state index in [4.69, 9.17) is 5.73 Å². The summed E-state index contributed by atoms with van der Waals surface area (Å²) < 4.78 is 0. The number of nitrogens with one attached hydrogen (secondary N) is 1. The molecule has 1 aromatic rings. The van der Waals surface area contributed by atoms with Crippen LogP contribution in [0.3, 0.4) is 0 Å². The van der Waals surface area contributed by atoms with Crippen molar-refractivity contribution in [2.24, 2.45) is 0 Å². The van der Waals surface area contributed by atoms with Gasteiger partial charge in [0.25, 0.3) is 0 Å². The first-order valence-corrected chi connectivity index (χ1v) is 5.73. The second kappa shape index (κ2) is 5.02. The summed E-state index contributed by atoms with van der Waals surface area (Å²) in [7, 11) is 0. The van der Waals surface area contributed by atoms with Crippen molar-refractivity contribution < 1.29 is 0 Å². The number of thioether (sulfide) groups is 1. The van der Waals surface area contributed by atoms with E-state index in [0.717, 1.165) is 17.1 Å². The van der Waals surface area contributed by atoms with Crippen LogP contribution in [0.2, 0.25) is 0 Å². The largest absolute Gasteiger partial charge is 0.399 e. The lowest BCUT2D eigenvalue weighted by molar-refractivity contribution is 0.915. The average Bonchev–Trinajstić information content (AvgIpc) is 2.04. The number of nitrogens with two attached hydrogens (primary N) is 1. The molecule has 0 aliphatic rings. The highest BCUT2D eigenvalue weighted by atomic mass is 32.2. The van der Waals surface area contributed by atoms with Gasteiger partial charge in [0.1, 0.15) is 0 Å². The number of nitrogen functional groups attached to an aromatic ring is 1. The van der Waals surface area contributed by atoms with E-state index in [1.54, 1.807) is 0 Å². The van der Waals surface area contributed by atoms with Crippen LogP contribution >= 0.6 is 11.8 Å². The topological polar surface area (TPSA) is 38.0 Å². The Hall–Kier alpha value is -0.830. The number of rotatable bonds is 4. The standard InChI is InChI=1S/C10H16N2S/c1-8(7-13-2)12-10-5-3-4-9(11)6-10/h3-6,8,12H,7,11H2,1-2H3. The molecule has 1 rings (SSSR count). The van der Waals surface area contributed by atoms with Crippen molar-refractivity contribution >= 4 is 23.1 Å². The maximum atomic E-state index is 5.66. The third kappa shape index (κ3) is 3.59. The highest BCUT2D eigenvalue weighted by Crippen LogP contribution is 2.13. The average molecular weight is 196 g/mol. The Morgan fingerprint density at radius 3 is 2.92 bits per heavy atom. The normalized spacial score (nSPS) is 12.5. The van der Waals surface area contributed by atoms with Crippen molar-refractivity contribution in [3.63, 3.8) is 0 Å². The molecule has 0 aromatic heterocycles. The SMILES string of the molecule is CSCC(C)Nc1cccc(N)c1. The number of hydrogen-bond donors (Lipinski definition) is 2. The van der Waals surface area contributed by atoms with Crippen molar-refractivity contribution in [1.82, 2.24) is 0 Å². The molecule has 0 heterocycles. The zero-order valence-corrected chi connectivity index (χ0v) is 8.90. The van der Waals surface area contributed by atoms with Crippen LogP contribution in [0.1, 0.15) is 6.92 Å². The number of anilines is 2. The molecule has 0 spiro atoms. The van der Waals surface area contributed by atoms with Gasteiger partial charge in [-0.1, -0.05) is 6.07 Å². The van der Waals surface area contributed by atoms with Gasteiger partial charge in [0.05, 0.1) is 0 Å². The fraction of sp³-hybridized carbons (Fsp3) is 0.400. The molecule has 0 radical (unpaired) electrons. The van der Waals surface area contributed by atoms with Crippen LogP contribution in [0.15, 0.2) is 24.3 Å². The summed E-state index contributed by atoms with van der Waals surface area (Å²) in [4.78, 5) is 0. The molecule has 72 valence electrons. The minimum absolute atomic E-state index is 0.483. The van der Waals surface area contributed by atoms with Gasteiger partial charge in [0.2, 0.25) is 0 Å². The first kappa shape index (κ1) is 10.3. The number of hydrogen-bond acceptors (Lipinski definition) is 3. The van der Waals surface area contributed by atoms with Gasteiger partial charge in [-0.2, -0.15) is 11.8 Å². The lowest BCUT2D eigenvalue weighted by atomic mass is 10.2. The Morgan fingerprint density at radius 2 is 2.31 bits per heavy atom. The highest BCUT2D eigenvalue weighted by molar-refractivity contribution is 7.98. The van der Waals surface area contributed by atoms with Gasteiger partial charge < -0.3 is 11.1 Å². The number of benzene rings is 1. The summed E-state index contributed by atoms with van der Waals surface area (Å²) in [6.45, 7) is 2.17. The highest BCUT2D eigenvalue weighted by Gasteiger charge is 1.99. The van der Waals surface area contributed by atoms with Crippen LogP contribution in [0.5, 0.6) is 0 Å². The van der Waals surface area contributed by atoms with Crippen molar-refractivity contribution in [1.29, 1.82) is 0 Å². The Morgan fingerprint density at radius 1 is 1.54 bits per heavy atom. The van der Waals surface area contributed by atoms with Crippen LogP contribution in [-0.2, 0) is 0 Å². The first-order valence-electron chi connectivity index (χ1n) is 4.33. The molecule has 3 heteroatoms. The summed E-state index contributed by atoms with van der Waals surface area (Å²) in [5, 5.41) is 3.38. The summed E-state index contributed by atoms with van der Waals surface area (Å²) in [5.74, 6) is 1.11. The van der Waals surface area contributed by atoms with Crippen LogP contribution in [0.25, 0.3) is 0 Å². The molecule has 3 N–H and O–H groups in total. The molecule has 0 fully saturated rings. The summed E-state index contributed by atoms with van der Waals surface area (Å²) in [6.07, 6.45) is 2.11. The lowest BCUT2D eigenvalue weighted by Gasteiger charge is -2.13. The van der Waals surface area contributed by atoms with Gasteiger partial charge in [-0.25, -0.2) is 0 Å². The van der Waals surface area contributed by atoms with E-state index >= 15 is 0 Å².